The summed E-state index contributed by atoms with van der Waals surface area (Å²) >= 11 is 1.70. The topological polar surface area (TPSA) is 61.7 Å². The molecule has 1 amide bonds. The van der Waals surface area contributed by atoms with E-state index in [1.807, 2.05) is 6.07 Å². The number of nitrogens with zero attached hydrogens (tertiary/aromatic N) is 3. The molecule has 2 N–H and O–H groups in total. The third-order valence-electron chi connectivity index (χ3n) is 4.43. The fourth-order valence-corrected chi connectivity index (χ4v) is 3.48. The van der Waals surface area contributed by atoms with Crippen LogP contribution >= 0.6 is 11.3 Å². The molecule has 0 aliphatic carbocycles. The lowest BCUT2D eigenvalue weighted by Gasteiger charge is -2.14. The van der Waals surface area contributed by atoms with Crippen LogP contribution in [0.1, 0.15) is 11.3 Å². The molecule has 0 aliphatic rings. The highest BCUT2D eigenvalue weighted by atomic mass is 32.1. The molecule has 2 aromatic heterocycles. The van der Waals surface area contributed by atoms with Crippen molar-refractivity contribution in [3.8, 4) is 0 Å². The number of guanidine groups is 1. The molecule has 6 nitrogen and oxygen atoms in total. The molecular weight excluding hydrogens is 370 g/mol. The number of carbonyl (C=O) groups excluding carboxylic acids is 1. The molecular formula is C21H27N5OS. The van der Waals surface area contributed by atoms with Crippen molar-refractivity contribution in [1.82, 2.24) is 20.1 Å². The third kappa shape index (κ3) is 5.60. The molecule has 0 aliphatic heterocycles. The average molecular weight is 398 g/mol. The van der Waals surface area contributed by atoms with Crippen LogP contribution in [-0.4, -0.2) is 48.5 Å². The van der Waals surface area contributed by atoms with Gasteiger partial charge in [-0.3, -0.25) is 4.79 Å². The smallest absolute Gasteiger partial charge is 0.243 e. The number of hydrogen-bond donors (Lipinski definition) is 2. The van der Waals surface area contributed by atoms with E-state index in [1.165, 1.54) is 15.8 Å². The van der Waals surface area contributed by atoms with Crippen LogP contribution in [0.25, 0.3) is 10.9 Å². The highest BCUT2D eigenvalue weighted by Crippen LogP contribution is 2.15. The van der Waals surface area contributed by atoms with E-state index >= 15 is 0 Å². The number of benzene rings is 1. The van der Waals surface area contributed by atoms with E-state index < -0.39 is 0 Å². The van der Waals surface area contributed by atoms with Crippen molar-refractivity contribution in [1.29, 1.82) is 0 Å². The van der Waals surface area contributed by atoms with E-state index in [1.54, 1.807) is 30.3 Å². The summed E-state index contributed by atoms with van der Waals surface area (Å²) in [5.41, 5.74) is 1.25. The second-order valence-electron chi connectivity index (χ2n) is 6.73. The number of fused-ring (bicyclic) bond motifs is 1. The Labute approximate surface area is 169 Å². The van der Waals surface area contributed by atoms with E-state index in [9.17, 15) is 4.79 Å². The van der Waals surface area contributed by atoms with Crippen molar-refractivity contribution in [2.75, 3.05) is 27.2 Å². The number of amides is 1. The molecule has 148 valence electrons. The third-order valence-corrected chi connectivity index (χ3v) is 5.31. The second kappa shape index (κ2) is 9.94. The zero-order valence-electron chi connectivity index (χ0n) is 16.4. The van der Waals surface area contributed by atoms with Crippen LogP contribution in [0.15, 0.2) is 59.0 Å². The van der Waals surface area contributed by atoms with Gasteiger partial charge in [0.25, 0.3) is 0 Å². The molecule has 0 saturated heterocycles. The van der Waals surface area contributed by atoms with Crippen LogP contribution < -0.4 is 10.6 Å². The van der Waals surface area contributed by atoms with Crippen molar-refractivity contribution in [2.24, 2.45) is 4.99 Å². The van der Waals surface area contributed by atoms with Crippen LogP contribution in [0.4, 0.5) is 0 Å². The molecule has 28 heavy (non-hydrogen) atoms. The number of thiophene rings is 1. The summed E-state index contributed by atoms with van der Waals surface area (Å²) in [6, 6.07) is 14.7. The Hall–Kier alpha value is -2.80. The van der Waals surface area contributed by atoms with Crippen molar-refractivity contribution in [3.63, 3.8) is 0 Å². The van der Waals surface area contributed by atoms with Gasteiger partial charge in [-0.1, -0.05) is 24.3 Å². The number of aliphatic imine (C=N–C) groups is 1. The Morgan fingerprint density at radius 2 is 2.00 bits per heavy atom. The van der Waals surface area contributed by atoms with Crippen LogP contribution in [0.3, 0.4) is 0 Å². The first-order valence-electron chi connectivity index (χ1n) is 9.42. The maximum atomic E-state index is 11.9. The van der Waals surface area contributed by atoms with Crippen LogP contribution in [0.2, 0.25) is 0 Å². The monoisotopic (exact) mass is 397 g/mol. The Kier molecular flexibility index (Phi) is 7.08. The van der Waals surface area contributed by atoms with Gasteiger partial charge in [-0.25, -0.2) is 4.99 Å². The lowest BCUT2D eigenvalue weighted by molar-refractivity contribution is -0.127. The first kappa shape index (κ1) is 19.9. The summed E-state index contributed by atoms with van der Waals surface area (Å²) < 4.78 is 2.27. The van der Waals surface area contributed by atoms with Gasteiger partial charge >= 0.3 is 0 Å². The molecule has 7 heteroatoms. The van der Waals surface area contributed by atoms with Gasteiger partial charge in [0.1, 0.15) is 6.54 Å². The highest BCUT2D eigenvalue weighted by molar-refractivity contribution is 7.09. The van der Waals surface area contributed by atoms with E-state index in [-0.39, 0.29) is 12.5 Å². The summed E-state index contributed by atoms with van der Waals surface area (Å²) in [6.07, 6.45) is 3.09. The van der Waals surface area contributed by atoms with Gasteiger partial charge in [-0.2, -0.15) is 0 Å². The molecule has 0 radical (unpaired) electrons. The molecule has 0 bridgehead atoms. The zero-order chi connectivity index (χ0) is 19.8. The van der Waals surface area contributed by atoms with Gasteiger partial charge in [-0.15, -0.1) is 11.3 Å². The Balaban J connectivity index is 1.52. The number of aromatic nitrogens is 1. The maximum absolute atomic E-state index is 11.9. The van der Waals surface area contributed by atoms with Crippen molar-refractivity contribution < 1.29 is 4.79 Å². The van der Waals surface area contributed by atoms with Gasteiger partial charge in [0.2, 0.25) is 5.91 Å². The van der Waals surface area contributed by atoms with Crippen LogP contribution in [0.5, 0.6) is 0 Å². The van der Waals surface area contributed by atoms with Gasteiger partial charge < -0.3 is 20.1 Å². The average Bonchev–Trinajstić information content (AvgIpc) is 3.36. The van der Waals surface area contributed by atoms with Gasteiger partial charge in [-0.05, 0) is 35.4 Å². The van der Waals surface area contributed by atoms with Gasteiger partial charge in [0, 0.05) is 43.8 Å². The first-order chi connectivity index (χ1) is 13.6. The molecule has 2 heterocycles. The summed E-state index contributed by atoms with van der Waals surface area (Å²) in [5.74, 6) is 0.650. The van der Waals surface area contributed by atoms with Gasteiger partial charge in [0.05, 0.1) is 6.54 Å². The SMILES string of the molecule is CN(C)C(=O)CN=C(NCCCn1ccc2ccccc21)NCc1cccs1. The summed E-state index contributed by atoms with van der Waals surface area (Å²) in [4.78, 5) is 19.1. The predicted molar refractivity (Wildman–Crippen MR) is 117 cm³/mol. The van der Waals surface area contributed by atoms with Crippen LogP contribution in [0, 0.1) is 0 Å². The minimum atomic E-state index is -0.0176. The van der Waals surface area contributed by atoms with Crippen molar-refractivity contribution >= 4 is 34.1 Å². The molecule has 0 atom stereocenters. The number of nitrogens with one attached hydrogen (secondary N) is 2. The number of aryl methyl sites for hydroxylation is 1. The van der Waals surface area contributed by atoms with E-state index in [0.717, 1.165) is 19.5 Å². The van der Waals surface area contributed by atoms with Gasteiger partial charge in [0.15, 0.2) is 5.96 Å². The largest absolute Gasteiger partial charge is 0.356 e. The normalized spacial score (nSPS) is 11.6. The summed E-state index contributed by atoms with van der Waals surface area (Å²) in [7, 11) is 3.48. The molecule has 3 aromatic rings. The molecule has 3 rings (SSSR count). The molecule has 0 unspecified atom stereocenters. The predicted octanol–water partition coefficient (Wildman–Crippen LogP) is 2.92. The van der Waals surface area contributed by atoms with Crippen molar-refractivity contribution in [2.45, 2.75) is 19.5 Å². The number of rotatable bonds is 8. The number of carbonyl (C=O) groups is 1. The zero-order valence-corrected chi connectivity index (χ0v) is 17.2. The lowest BCUT2D eigenvalue weighted by atomic mass is 10.2. The fourth-order valence-electron chi connectivity index (χ4n) is 2.84. The highest BCUT2D eigenvalue weighted by Gasteiger charge is 2.05. The van der Waals surface area contributed by atoms with E-state index in [4.69, 9.17) is 0 Å². The molecule has 0 spiro atoms. The Morgan fingerprint density at radius 1 is 1.14 bits per heavy atom. The number of para-hydroxylation sites is 1. The molecule has 0 fully saturated rings. The number of likely N-dealkylation sites (N-methyl/N-ethyl adjacent to an activating group) is 1. The summed E-state index contributed by atoms with van der Waals surface area (Å²) in [5, 5.41) is 9.97. The molecule has 0 saturated carbocycles. The lowest BCUT2D eigenvalue weighted by Crippen LogP contribution is -2.38. The first-order valence-corrected chi connectivity index (χ1v) is 10.3. The second-order valence-corrected chi connectivity index (χ2v) is 7.77. The minimum Gasteiger partial charge on any atom is -0.356 e. The quantitative estimate of drug-likeness (QED) is 0.349. The van der Waals surface area contributed by atoms with Crippen LogP contribution in [-0.2, 0) is 17.9 Å². The van der Waals surface area contributed by atoms with Crippen molar-refractivity contribution in [3.05, 3.63) is 58.9 Å². The van der Waals surface area contributed by atoms with E-state index in [0.29, 0.717) is 12.5 Å². The molecule has 1 aromatic carbocycles. The van der Waals surface area contributed by atoms with E-state index in [2.05, 4.69) is 68.2 Å². The minimum absolute atomic E-state index is 0.0176. The number of hydrogen-bond acceptors (Lipinski definition) is 3. The maximum Gasteiger partial charge on any atom is 0.243 e. The summed E-state index contributed by atoms with van der Waals surface area (Å²) in [6.45, 7) is 2.53. The Bertz CT molecular complexity index is 914. The Morgan fingerprint density at radius 3 is 2.79 bits per heavy atom. The standard InChI is InChI=1S/C21H27N5OS/c1-25(2)20(27)16-24-21(23-15-18-8-5-14-28-18)22-11-6-12-26-13-10-17-7-3-4-9-19(17)26/h3-5,7-10,13-14H,6,11-12,15-16H2,1-2H3,(H2,22,23,24). The fraction of sp³-hybridized carbons (Fsp3) is 0.333.